The third-order valence-corrected chi connectivity index (χ3v) is 4.51. The van der Waals surface area contributed by atoms with Crippen LogP contribution < -0.4 is 11.3 Å². The predicted molar refractivity (Wildman–Crippen MR) is 101 cm³/mol. The normalized spacial score (nSPS) is 11.1. The van der Waals surface area contributed by atoms with Gasteiger partial charge >= 0.3 is 0 Å². The number of nitrogens with two attached hydrogens (primary N) is 1. The molecule has 9 heteroatoms. The number of amides is 1. The van der Waals surface area contributed by atoms with Crippen molar-refractivity contribution in [1.82, 2.24) is 14.8 Å². The first-order valence-electron chi connectivity index (χ1n) is 8.02. The zero-order valence-electron chi connectivity index (χ0n) is 14.0. The topological polar surface area (TPSA) is 93.8 Å². The number of primary amides is 1. The Balaban J connectivity index is 2.11. The molecule has 0 spiro atoms. The maximum Gasteiger partial charge on any atom is 0.259 e. The SMILES string of the molecule is NC(=O)c1cccc(-c2nn(-c3cc(F)ccc3F)c3c(Cl)c[nH]c(=O)c23)c1. The summed E-state index contributed by atoms with van der Waals surface area (Å²) >= 11 is 6.24. The Morgan fingerprint density at radius 3 is 2.71 bits per heavy atom. The van der Waals surface area contributed by atoms with Gasteiger partial charge in [-0.1, -0.05) is 23.7 Å². The molecule has 0 bridgehead atoms. The largest absolute Gasteiger partial charge is 0.366 e. The van der Waals surface area contributed by atoms with Crippen LogP contribution in [0.4, 0.5) is 8.78 Å². The summed E-state index contributed by atoms with van der Waals surface area (Å²) in [6.07, 6.45) is 1.24. The lowest BCUT2D eigenvalue weighted by Crippen LogP contribution is -2.10. The van der Waals surface area contributed by atoms with E-state index in [0.29, 0.717) is 5.56 Å². The number of nitrogens with zero attached hydrogens (tertiary/aromatic N) is 2. The van der Waals surface area contributed by atoms with Crippen LogP contribution in [0.3, 0.4) is 0 Å². The second-order valence-corrected chi connectivity index (χ2v) is 6.40. The van der Waals surface area contributed by atoms with Crippen LogP contribution in [0.1, 0.15) is 10.4 Å². The average molecular weight is 401 g/mol. The van der Waals surface area contributed by atoms with Crippen molar-refractivity contribution in [3.05, 3.63) is 81.2 Å². The van der Waals surface area contributed by atoms with Gasteiger partial charge in [0.2, 0.25) is 5.91 Å². The second-order valence-electron chi connectivity index (χ2n) is 5.99. The zero-order chi connectivity index (χ0) is 20.0. The molecule has 1 amide bonds. The summed E-state index contributed by atoms with van der Waals surface area (Å²) < 4.78 is 29.2. The molecular formula is C19H11ClF2N4O2. The minimum atomic E-state index is -0.750. The van der Waals surface area contributed by atoms with E-state index in [9.17, 15) is 18.4 Å². The van der Waals surface area contributed by atoms with Gasteiger partial charge in [-0.15, -0.1) is 0 Å². The number of rotatable bonds is 3. The number of aromatic amines is 1. The Labute approximate surface area is 161 Å². The number of H-pyrrole nitrogens is 1. The number of fused-ring (bicyclic) bond motifs is 1. The molecule has 0 saturated carbocycles. The van der Waals surface area contributed by atoms with E-state index in [-0.39, 0.29) is 32.9 Å². The Morgan fingerprint density at radius 2 is 1.96 bits per heavy atom. The lowest BCUT2D eigenvalue weighted by Gasteiger charge is -2.06. The highest BCUT2D eigenvalue weighted by molar-refractivity contribution is 6.35. The molecular weight excluding hydrogens is 390 g/mol. The summed E-state index contributed by atoms with van der Waals surface area (Å²) in [7, 11) is 0. The molecule has 0 aliphatic rings. The van der Waals surface area contributed by atoms with Crippen molar-refractivity contribution >= 4 is 28.4 Å². The van der Waals surface area contributed by atoms with Gasteiger partial charge in [0.25, 0.3) is 5.56 Å². The van der Waals surface area contributed by atoms with Crippen LogP contribution in [0.25, 0.3) is 27.8 Å². The molecule has 28 heavy (non-hydrogen) atoms. The van der Waals surface area contributed by atoms with E-state index in [2.05, 4.69) is 10.1 Å². The van der Waals surface area contributed by atoms with Crippen molar-refractivity contribution in [2.45, 2.75) is 0 Å². The first-order valence-corrected chi connectivity index (χ1v) is 8.40. The monoisotopic (exact) mass is 400 g/mol. The molecule has 4 rings (SSSR count). The predicted octanol–water partition coefficient (Wildman–Crippen LogP) is 3.41. The van der Waals surface area contributed by atoms with Crippen LogP contribution in [0.2, 0.25) is 5.02 Å². The highest BCUT2D eigenvalue weighted by Gasteiger charge is 2.21. The lowest BCUT2D eigenvalue weighted by atomic mass is 10.1. The molecule has 6 nitrogen and oxygen atoms in total. The van der Waals surface area contributed by atoms with Crippen LogP contribution in [-0.2, 0) is 0 Å². The highest BCUT2D eigenvalue weighted by atomic mass is 35.5. The summed E-state index contributed by atoms with van der Waals surface area (Å²) in [5.74, 6) is -2.09. The van der Waals surface area contributed by atoms with Crippen molar-refractivity contribution in [3.63, 3.8) is 0 Å². The van der Waals surface area contributed by atoms with Crippen LogP contribution in [-0.4, -0.2) is 20.7 Å². The van der Waals surface area contributed by atoms with Gasteiger partial charge in [-0.2, -0.15) is 5.10 Å². The van der Waals surface area contributed by atoms with Gasteiger partial charge in [0.1, 0.15) is 28.5 Å². The third-order valence-electron chi connectivity index (χ3n) is 4.23. The van der Waals surface area contributed by atoms with Gasteiger partial charge in [0.15, 0.2) is 0 Å². The van der Waals surface area contributed by atoms with E-state index in [1.165, 1.54) is 18.3 Å². The summed E-state index contributed by atoms with van der Waals surface area (Å²) in [6, 6.07) is 9.01. The first-order chi connectivity index (χ1) is 13.4. The number of hydrogen-bond donors (Lipinski definition) is 2. The van der Waals surface area contributed by atoms with Gasteiger partial charge in [-0.3, -0.25) is 9.59 Å². The van der Waals surface area contributed by atoms with E-state index in [1.807, 2.05) is 0 Å². The van der Waals surface area contributed by atoms with Crippen molar-refractivity contribution in [2.75, 3.05) is 0 Å². The molecule has 0 radical (unpaired) electrons. The molecule has 0 aliphatic heterocycles. The minimum absolute atomic E-state index is 0.0674. The Kier molecular flexibility index (Phi) is 4.20. The van der Waals surface area contributed by atoms with Gasteiger partial charge in [-0.25, -0.2) is 13.5 Å². The van der Waals surface area contributed by atoms with Crippen molar-refractivity contribution in [2.24, 2.45) is 5.73 Å². The first kappa shape index (κ1) is 17.9. The van der Waals surface area contributed by atoms with Gasteiger partial charge in [-0.05, 0) is 24.3 Å². The Hall–Kier alpha value is -3.52. The van der Waals surface area contributed by atoms with Gasteiger partial charge < -0.3 is 10.7 Å². The molecule has 0 atom stereocenters. The molecule has 2 heterocycles. The van der Waals surface area contributed by atoms with Crippen molar-refractivity contribution in [3.8, 4) is 16.9 Å². The molecule has 4 aromatic rings. The fourth-order valence-electron chi connectivity index (χ4n) is 2.97. The molecule has 3 N–H and O–H groups in total. The average Bonchev–Trinajstić information content (AvgIpc) is 3.08. The van der Waals surface area contributed by atoms with Crippen LogP contribution >= 0.6 is 11.6 Å². The van der Waals surface area contributed by atoms with E-state index < -0.39 is 23.1 Å². The number of hydrogen-bond acceptors (Lipinski definition) is 3. The highest BCUT2D eigenvalue weighted by Crippen LogP contribution is 2.32. The van der Waals surface area contributed by atoms with Crippen LogP contribution in [0, 0.1) is 11.6 Å². The standard InChI is InChI=1S/C19H11ClF2N4O2/c20-12-8-24-19(28)15-16(9-2-1-3-10(6-9)18(23)27)25-26(17(12)15)14-7-11(21)4-5-13(14)22/h1-8H,(H2,23,27)(H,24,28). The maximum absolute atomic E-state index is 14.4. The number of pyridine rings is 1. The van der Waals surface area contributed by atoms with Gasteiger partial charge in [0, 0.05) is 23.4 Å². The number of carbonyl (C=O) groups excluding carboxylic acids is 1. The zero-order valence-corrected chi connectivity index (χ0v) is 14.8. The number of carbonyl (C=O) groups is 1. The molecule has 0 unspecified atom stereocenters. The van der Waals surface area contributed by atoms with E-state index in [1.54, 1.807) is 12.1 Å². The fraction of sp³-hybridized carbons (Fsp3) is 0. The van der Waals surface area contributed by atoms with Crippen molar-refractivity contribution in [1.29, 1.82) is 0 Å². The number of benzene rings is 2. The number of aromatic nitrogens is 3. The maximum atomic E-state index is 14.4. The third kappa shape index (κ3) is 2.84. The molecule has 0 aliphatic carbocycles. The molecule has 2 aromatic carbocycles. The van der Waals surface area contributed by atoms with Crippen LogP contribution in [0.15, 0.2) is 53.5 Å². The Morgan fingerprint density at radius 1 is 1.18 bits per heavy atom. The molecule has 0 fully saturated rings. The number of nitrogens with one attached hydrogen (secondary N) is 1. The lowest BCUT2D eigenvalue weighted by molar-refractivity contribution is 0.100. The van der Waals surface area contributed by atoms with Gasteiger partial charge in [0.05, 0.1) is 10.4 Å². The van der Waals surface area contributed by atoms with E-state index >= 15 is 0 Å². The van der Waals surface area contributed by atoms with Crippen LogP contribution in [0.5, 0.6) is 0 Å². The summed E-state index contributed by atoms with van der Waals surface area (Å²) in [5, 5.41) is 4.46. The minimum Gasteiger partial charge on any atom is -0.366 e. The fourth-order valence-corrected chi connectivity index (χ4v) is 3.20. The summed E-state index contributed by atoms with van der Waals surface area (Å²) in [4.78, 5) is 26.5. The molecule has 140 valence electrons. The van der Waals surface area contributed by atoms with Crippen molar-refractivity contribution < 1.29 is 13.6 Å². The quantitative estimate of drug-likeness (QED) is 0.551. The second kappa shape index (κ2) is 6.58. The molecule has 2 aromatic heterocycles. The smallest absolute Gasteiger partial charge is 0.259 e. The summed E-state index contributed by atoms with van der Waals surface area (Å²) in [6.45, 7) is 0. The molecule has 0 saturated heterocycles. The summed E-state index contributed by atoms with van der Waals surface area (Å²) in [5.41, 5.74) is 5.42. The van der Waals surface area contributed by atoms with E-state index in [0.717, 1.165) is 22.9 Å². The number of halogens is 3. The van der Waals surface area contributed by atoms with E-state index in [4.69, 9.17) is 17.3 Å². The Bertz CT molecular complexity index is 1310.